The van der Waals surface area contributed by atoms with Crippen LogP contribution in [0.5, 0.6) is 0 Å². The largest absolute Gasteiger partial charge is 0.370 e. The molecule has 5 nitrogen and oxygen atoms in total. The molecule has 0 fully saturated rings. The first kappa shape index (κ1) is 13.0. The molecule has 0 radical (unpaired) electrons. The van der Waals surface area contributed by atoms with E-state index in [9.17, 15) is 0 Å². The molecule has 0 aliphatic rings. The third kappa shape index (κ3) is 3.49. The van der Waals surface area contributed by atoms with E-state index in [4.69, 9.17) is 16.6 Å². The number of hydrogen-bond acceptors (Lipinski definition) is 2. The van der Waals surface area contributed by atoms with Crippen molar-refractivity contribution in [1.82, 2.24) is 5.32 Å². The fourth-order valence-electron chi connectivity index (χ4n) is 1.11. The first-order chi connectivity index (χ1) is 7.40. The van der Waals surface area contributed by atoms with E-state index in [-0.39, 0.29) is 11.9 Å². The van der Waals surface area contributed by atoms with Gasteiger partial charge >= 0.3 is 0 Å². The molecule has 1 aromatic rings. The number of nitrogens with one attached hydrogen (secondary N) is 4. The number of rotatable bonds is 1. The predicted octanol–water partition coefficient (Wildman–Crippen LogP) is 2.35. The van der Waals surface area contributed by atoms with Crippen molar-refractivity contribution in [2.75, 3.05) is 5.32 Å². The summed E-state index contributed by atoms with van der Waals surface area (Å²) in [6.45, 7) is 1.97. The van der Waals surface area contributed by atoms with E-state index in [1.807, 2.05) is 19.1 Å². The van der Waals surface area contributed by atoms with Crippen molar-refractivity contribution < 1.29 is 0 Å². The Hall–Kier alpha value is -1.08. The summed E-state index contributed by atoms with van der Waals surface area (Å²) in [7, 11) is 0. The van der Waals surface area contributed by atoms with Gasteiger partial charge in [0.05, 0.1) is 5.69 Å². The Morgan fingerprint density at radius 2 is 1.75 bits per heavy atom. The van der Waals surface area contributed by atoms with Gasteiger partial charge < -0.3 is 11.1 Å². The molecule has 0 saturated heterocycles. The standard InChI is InChI=1S/C9H11Br2N5/c1-4-2-5(10)7(6(11)3-4)15-9(14)16-8(12)13/h2-3H,1H3,(H6,12,13,14,15,16). The first-order valence-corrected chi connectivity index (χ1v) is 5.91. The van der Waals surface area contributed by atoms with Crippen molar-refractivity contribution in [3.63, 3.8) is 0 Å². The van der Waals surface area contributed by atoms with Crippen molar-refractivity contribution in [1.29, 1.82) is 10.8 Å². The summed E-state index contributed by atoms with van der Waals surface area (Å²) in [6.07, 6.45) is 0. The number of benzene rings is 1. The lowest BCUT2D eigenvalue weighted by Gasteiger charge is -2.13. The third-order valence-corrected chi connectivity index (χ3v) is 2.95. The number of nitrogens with two attached hydrogens (primary N) is 1. The second-order valence-corrected chi connectivity index (χ2v) is 4.85. The van der Waals surface area contributed by atoms with Crippen molar-refractivity contribution >= 4 is 49.5 Å². The molecular formula is C9H11Br2N5. The van der Waals surface area contributed by atoms with E-state index in [0.717, 1.165) is 14.5 Å². The van der Waals surface area contributed by atoms with E-state index < -0.39 is 0 Å². The molecule has 1 rings (SSSR count). The highest BCUT2D eigenvalue weighted by atomic mass is 79.9. The molecule has 0 atom stereocenters. The Morgan fingerprint density at radius 1 is 1.25 bits per heavy atom. The minimum Gasteiger partial charge on any atom is -0.370 e. The van der Waals surface area contributed by atoms with Gasteiger partial charge in [0.1, 0.15) is 0 Å². The number of halogens is 2. The fourth-order valence-corrected chi connectivity index (χ4v) is 2.72. The van der Waals surface area contributed by atoms with Crippen LogP contribution in [0.15, 0.2) is 21.1 Å². The SMILES string of the molecule is Cc1cc(Br)c(NC(=N)NC(=N)N)c(Br)c1. The normalized spacial score (nSPS) is 9.69. The molecule has 0 amide bonds. The zero-order chi connectivity index (χ0) is 12.3. The lowest BCUT2D eigenvalue weighted by Crippen LogP contribution is -2.39. The van der Waals surface area contributed by atoms with Gasteiger partial charge in [-0.05, 0) is 56.5 Å². The molecule has 0 unspecified atom stereocenters. The van der Waals surface area contributed by atoms with Crippen LogP contribution >= 0.6 is 31.9 Å². The number of aryl methyl sites for hydroxylation is 1. The quantitative estimate of drug-likeness (QED) is 0.398. The molecule has 0 heterocycles. The van der Waals surface area contributed by atoms with Crippen LogP contribution in [0.3, 0.4) is 0 Å². The van der Waals surface area contributed by atoms with E-state index in [0.29, 0.717) is 5.69 Å². The van der Waals surface area contributed by atoms with Crippen LogP contribution in [0.1, 0.15) is 5.56 Å². The summed E-state index contributed by atoms with van der Waals surface area (Å²) in [6, 6.07) is 3.85. The number of anilines is 1. The van der Waals surface area contributed by atoms with E-state index >= 15 is 0 Å². The van der Waals surface area contributed by atoms with E-state index in [1.165, 1.54) is 0 Å². The number of guanidine groups is 2. The molecule has 6 N–H and O–H groups in total. The minimum atomic E-state index is -0.281. The predicted molar refractivity (Wildman–Crippen MR) is 73.0 cm³/mol. The summed E-state index contributed by atoms with van der Waals surface area (Å²) in [5, 5.41) is 19.7. The Balaban J connectivity index is 2.89. The number of hydrogen-bond donors (Lipinski definition) is 5. The molecular weight excluding hydrogens is 338 g/mol. The lowest BCUT2D eigenvalue weighted by molar-refractivity contribution is 1.20. The molecule has 0 aliphatic heterocycles. The Kier molecular flexibility index (Phi) is 4.31. The van der Waals surface area contributed by atoms with Crippen LogP contribution < -0.4 is 16.4 Å². The second-order valence-electron chi connectivity index (χ2n) is 3.14. The van der Waals surface area contributed by atoms with Gasteiger partial charge in [-0.2, -0.15) is 0 Å². The van der Waals surface area contributed by atoms with Crippen LogP contribution in [0.2, 0.25) is 0 Å². The van der Waals surface area contributed by atoms with Gasteiger partial charge in [-0.15, -0.1) is 0 Å². The topological polar surface area (TPSA) is 97.8 Å². The van der Waals surface area contributed by atoms with E-state index in [2.05, 4.69) is 42.5 Å². The van der Waals surface area contributed by atoms with Crippen LogP contribution in [0.25, 0.3) is 0 Å². The van der Waals surface area contributed by atoms with Crippen molar-refractivity contribution in [2.45, 2.75) is 6.92 Å². The van der Waals surface area contributed by atoms with Crippen LogP contribution in [-0.2, 0) is 0 Å². The highest BCUT2D eigenvalue weighted by Crippen LogP contribution is 2.32. The second kappa shape index (κ2) is 5.31. The molecule has 0 aliphatic carbocycles. The highest BCUT2D eigenvalue weighted by molar-refractivity contribution is 9.11. The lowest BCUT2D eigenvalue weighted by atomic mass is 10.2. The van der Waals surface area contributed by atoms with Gasteiger partial charge in [0.2, 0.25) is 0 Å². The monoisotopic (exact) mass is 347 g/mol. The molecule has 0 spiro atoms. The maximum atomic E-state index is 7.52. The smallest absolute Gasteiger partial charge is 0.199 e. The van der Waals surface area contributed by atoms with Crippen LogP contribution in [-0.4, -0.2) is 11.9 Å². The molecule has 1 aromatic carbocycles. The molecule has 7 heteroatoms. The van der Waals surface area contributed by atoms with Crippen molar-refractivity contribution in [3.8, 4) is 0 Å². The summed E-state index contributed by atoms with van der Waals surface area (Å²) >= 11 is 6.78. The Morgan fingerprint density at radius 3 is 2.19 bits per heavy atom. The molecule has 0 bridgehead atoms. The molecule has 16 heavy (non-hydrogen) atoms. The first-order valence-electron chi connectivity index (χ1n) is 4.32. The molecule has 86 valence electrons. The van der Waals surface area contributed by atoms with Gasteiger partial charge in [0.15, 0.2) is 11.9 Å². The van der Waals surface area contributed by atoms with Crippen LogP contribution in [0.4, 0.5) is 5.69 Å². The minimum absolute atomic E-state index is 0.0576. The van der Waals surface area contributed by atoms with Gasteiger partial charge in [0.25, 0.3) is 0 Å². The summed E-state index contributed by atoms with van der Waals surface area (Å²) < 4.78 is 1.66. The maximum Gasteiger partial charge on any atom is 0.199 e. The van der Waals surface area contributed by atoms with Gasteiger partial charge in [-0.3, -0.25) is 16.1 Å². The maximum absolute atomic E-state index is 7.52. The molecule has 0 aromatic heterocycles. The summed E-state index contributed by atoms with van der Waals surface area (Å²) in [5.41, 5.74) is 6.92. The Bertz CT molecular complexity index is 421. The van der Waals surface area contributed by atoms with Gasteiger partial charge in [-0.25, -0.2) is 0 Å². The highest BCUT2D eigenvalue weighted by Gasteiger charge is 2.08. The average molecular weight is 349 g/mol. The zero-order valence-electron chi connectivity index (χ0n) is 8.49. The van der Waals surface area contributed by atoms with Crippen LogP contribution in [0, 0.1) is 17.7 Å². The van der Waals surface area contributed by atoms with Gasteiger partial charge in [-0.1, -0.05) is 0 Å². The van der Waals surface area contributed by atoms with Crippen molar-refractivity contribution in [3.05, 3.63) is 26.6 Å². The Labute approximate surface area is 110 Å². The zero-order valence-corrected chi connectivity index (χ0v) is 11.7. The van der Waals surface area contributed by atoms with Crippen molar-refractivity contribution in [2.24, 2.45) is 5.73 Å². The fraction of sp³-hybridized carbons (Fsp3) is 0.111. The third-order valence-electron chi connectivity index (χ3n) is 1.70. The van der Waals surface area contributed by atoms with Gasteiger partial charge in [0, 0.05) is 8.95 Å². The average Bonchev–Trinajstić information content (AvgIpc) is 2.09. The van der Waals surface area contributed by atoms with E-state index in [1.54, 1.807) is 0 Å². The molecule has 0 saturated carbocycles. The summed E-state index contributed by atoms with van der Waals surface area (Å²) in [5.74, 6) is -0.338. The summed E-state index contributed by atoms with van der Waals surface area (Å²) in [4.78, 5) is 0.